The number of rotatable bonds is 5. The summed E-state index contributed by atoms with van der Waals surface area (Å²) >= 11 is 0. The van der Waals surface area contributed by atoms with E-state index in [2.05, 4.69) is 18.2 Å². The molecule has 2 heterocycles. The number of carbonyl (C=O) groups excluding carboxylic acids is 1. The summed E-state index contributed by atoms with van der Waals surface area (Å²) in [6.45, 7) is 1.24. The Kier molecular flexibility index (Phi) is 5.87. The van der Waals surface area contributed by atoms with Gasteiger partial charge in [-0.2, -0.15) is 0 Å². The van der Waals surface area contributed by atoms with Crippen molar-refractivity contribution < 1.29 is 23.2 Å². The Morgan fingerprint density at radius 1 is 1.00 bits per heavy atom. The zero-order valence-corrected chi connectivity index (χ0v) is 20.9. The Morgan fingerprint density at radius 3 is 2.49 bits per heavy atom. The summed E-state index contributed by atoms with van der Waals surface area (Å²) in [5.41, 5.74) is 7.39. The average Bonchev–Trinajstić information content (AvgIpc) is 2.94. The molecule has 0 N–H and O–H groups in total. The van der Waals surface area contributed by atoms with E-state index in [1.165, 1.54) is 28.8 Å². The third-order valence-corrected chi connectivity index (χ3v) is 7.50. The van der Waals surface area contributed by atoms with E-state index in [0.29, 0.717) is 24.4 Å². The summed E-state index contributed by atoms with van der Waals surface area (Å²) in [5, 5.41) is 0. The fourth-order valence-electron chi connectivity index (χ4n) is 5.75. The molecule has 4 aromatic rings. The monoisotopic (exact) mass is 495 g/mol. The summed E-state index contributed by atoms with van der Waals surface area (Å²) in [6.07, 6.45) is 5.33. The van der Waals surface area contributed by atoms with Crippen molar-refractivity contribution >= 4 is 5.91 Å². The highest BCUT2D eigenvalue weighted by molar-refractivity contribution is 5.95. The molecule has 37 heavy (non-hydrogen) atoms. The normalized spacial score (nSPS) is 15.5. The minimum Gasteiger partial charge on any atom is -0.493 e. The van der Waals surface area contributed by atoms with Crippen molar-refractivity contribution in [2.45, 2.75) is 25.4 Å². The fourth-order valence-corrected chi connectivity index (χ4v) is 5.75. The molecule has 6 heteroatoms. The Labute approximate surface area is 215 Å². The molecule has 1 aliphatic carbocycles. The number of nitrogens with zero attached hydrogens (tertiary/aromatic N) is 2. The minimum absolute atomic E-state index is 0.0182. The number of benzene rings is 3. The van der Waals surface area contributed by atoms with Crippen molar-refractivity contribution in [1.29, 1.82) is 0 Å². The number of fused-ring (bicyclic) bond motifs is 2. The predicted octanol–water partition coefficient (Wildman–Crippen LogP) is 5.14. The number of amides is 1. The SMILES string of the molecule is COc1cc2c3c(c1OC)-c1ccccc1C[C@@H]3N(C(=O)c1cc[n+](Cc3ccc(F)cc3)cc1)CC2. The Balaban J connectivity index is 1.34. The maximum Gasteiger partial charge on any atom is 0.254 e. The lowest BCUT2D eigenvalue weighted by molar-refractivity contribution is -0.688. The predicted molar refractivity (Wildman–Crippen MR) is 138 cm³/mol. The number of hydrogen-bond acceptors (Lipinski definition) is 3. The molecule has 2 aliphatic rings. The first kappa shape index (κ1) is 23.2. The van der Waals surface area contributed by atoms with Gasteiger partial charge >= 0.3 is 0 Å². The van der Waals surface area contributed by atoms with Crippen molar-refractivity contribution in [2.24, 2.45) is 0 Å². The molecular weight excluding hydrogens is 467 g/mol. The second kappa shape index (κ2) is 9.36. The summed E-state index contributed by atoms with van der Waals surface area (Å²) in [4.78, 5) is 15.8. The van der Waals surface area contributed by atoms with Crippen LogP contribution < -0.4 is 14.0 Å². The number of aromatic nitrogens is 1. The number of carbonyl (C=O) groups is 1. The molecule has 6 rings (SSSR count). The second-order valence-electron chi connectivity index (χ2n) is 9.57. The highest BCUT2D eigenvalue weighted by atomic mass is 19.1. The highest BCUT2D eigenvalue weighted by Gasteiger charge is 2.39. The Hall–Kier alpha value is -4.19. The van der Waals surface area contributed by atoms with Gasteiger partial charge in [0, 0.05) is 29.8 Å². The van der Waals surface area contributed by atoms with Gasteiger partial charge in [-0.15, -0.1) is 0 Å². The van der Waals surface area contributed by atoms with Crippen LogP contribution in [-0.4, -0.2) is 31.6 Å². The van der Waals surface area contributed by atoms with Crippen LogP contribution in [0.2, 0.25) is 0 Å². The molecule has 3 aromatic carbocycles. The van der Waals surface area contributed by atoms with E-state index in [0.717, 1.165) is 35.3 Å². The van der Waals surface area contributed by atoms with Crippen molar-refractivity contribution in [1.82, 2.24) is 4.90 Å². The zero-order chi connectivity index (χ0) is 25.5. The Bertz CT molecular complexity index is 1480. The first-order chi connectivity index (χ1) is 18.1. The third kappa shape index (κ3) is 4.02. The van der Waals surface area contributed by atoms with Gasteiger partial charge in [0.15, 0.2) is 30.4 Å². The van der Waals surface area contributed by atoms with Crippen LogP contribution in [0.3, 0.4) is 0 Å². The highest BCUT2D eigenvalue weighted by Crippen LogP contribution is 2.52. The molecule has 0 radical (unpaired) electrons. The third-order valence-electron chi connectivity index (χ3n) is 7.50. The van der Waals surface area contributed by atoms with Crippen LogP contribution in [0.4, 0.5) is 4.39 Å². The molecule has 1 amide bonds. The molecule has 0 bridgehead atoms. The van der Waals surface area contributed by atoms with Crippen molar-refractivity contribution in [2.75, 3.05) is 20.8 Å². The molecule has 0 saturated carbocycles. The van der Waals surface area contributed by atoms with Crippen LogP contribution in [0.15, 0.2) is 79.1 Å². The van der Waals surface area contributed by atoms with Gasteiger partial charge in [0.05, 0.1) is 25.8 Å². The van der Waals surface area contributed by atoms with Crippen LogP contribution in [0.5, 0.6) is 11.5 Å². The number of halogens is 1. The van der Waals surface area contributed by atoms with Crippen LogP contribution >= 0.6 is 0 Å². The Morgan fingerprint density at radius 2 is 1.76 bits per heavy atom. The lowest BCUT2D eigenvalue weighted by atomic mass is 9.76. The first-order valence-electron chi connectivity index (χ1n) is 12.5. The van der Waals surface area contributed by atoms with Gasteiger partial charge in [-0.3, -0.25) is 4.79 Å². The summed E-state index contributed by atoms with van der Waals surface area (Å²) in [7, 11) is 3.34. The maximum absolute atomic E-state index is 13.8. The quantitative estimate of drug-likeness (QED) is 0.360. The van der Waals surface area contributed by atoms with Gasteiger partial charge in [-0.1, -0.05) is 24.3 Å². The molecule has 0 unspecified atom stereocenters. The number of methoxy groups -OCH3 is 2. The van der Waals surface area contributed by atoms with E-state index in [-0.39, 0.29) is 17.8 Å². The van der Waals surface area contributed by atoms with E-state index in [9.17, 15) is 9.18 Å². The van der Waals surface area contributed by atoms with E-state index in [4.69, 9.17) is 9.47 Å². The first-order valence-corrected chi connectivity index (χ1v) is 12.5. The van der Waals surface area contributed by atoms with Crippen LogP contribution in [0.1, 0.15) is 38.7 Å². The number of hydrogen-bond donors (Lipinski definition) is 0. The average molecular weight is 496 g/mol. The van der Waals surface area contributed by atoms with Crippen molar-refractivity contribution in [3.8, 4) is 22.6 Å². The number of pyridine rings is 1. The smallest absolute Gasteiger partial charge is 0.254 e. The van der Waals surface area contributed by atoms with E-state index >= 15 is 0 Å². The lowest BCUT2D eigenvalue weighted by Crippen LogP contribution is -2.43. The van der Waals surface area contributed by atoms with E-state index in [1.54, 1.807) is 26.4 Å². The molecular formula is C31H28FN2O3+. The maximum atomic E-state index is 13.8. The molecule has 5 nitrogen and oxygen atoms in total. The van der Waals surface area contributed by atoms with E-state index in [1.807, 2.05) is 46.1 Å². The molecule has 1 aliphatic heterocycles. The fraction of sp³-hybridized carbons (Fsp3) is 0.226. The molecule has 0 spiro atoms. The molecule has 1 atom stereocenters. The lowest BCUT2D eigenvalue weighted by Gasteiger charge is -2.42. The molecule has 1 aromatic heterocycles. The van der Waals surface area contributed by atoms with E-state index < -0.39 is 0 Å². The van der Waals surface area contributed by atoms with Gasteiger partial charge in [0.2, 0.25) is 0 Å². The summed E-state index contributed by atoms with van der Waals surface area (Å²) < 4.78 is 26.8. The summed E-state index contributed by atoms with van der Waals surface area (Å²) in [5.74, 6) is 1.21. The van der Waals surface area contributed by atoms with Crippen LogP contribution in [0.25, 0.3) is 11.1 Å². The molecule has 0 saturated heterocycles. The van der Waals surface area contributed by atoms with Crippen LogP contribution in [0, 0.1) is 5.82 Å². The van der Waals surface area contributed by atoms with Gasteiger partial charge < -0.3 is 14.4 Å². The second-order valence-corrected chi connectivity index (χ2v) is 9.57. The van der Waals surface area contributed by atoms with Gasteiger partial charge in [-0.25, -0.2) is 8.96 Å². The largest absolute Gasteiger partial charge is 0.493 e. The van der Waals surface area contributed by atoms with Crippen molar-refractivity contribution in [3.63, 3.8) is 0 Å². The minimum atomic E-state index is -0.248. The standard InChI is InChI=1S/C31H28FN2O3/c1-36-27-18-23-13-16-34(26-17-22-5-3-4-6-25(22)29(28(23)26)30(27)37-2)31(35)21-11-14-33(15-12-21)19-20-7-9-24(32)10-8-20/h3-12,14-15,18,26H,13,16-17,19H2,1-2H3/q+1/t26-/m0/s1. The molecule has 0 fully saturated rings. The zero-order valence-electron chi connectivity index (χ0n) is 20.9. The van der Waals surface area contributed by atoms with Gasteiger partial charge in [0.1, 0.15) is 5.82 Å². The van der Waals surface area contributed by atoms with Crippen molar-refractivity contribution in [3.05, 3.63) is 113 Å². The molecule has 186 valence electrons. The topological polar surface area (TPSA) is 42.7 Å². The van der Waals surface area contributed by atoms with Gasteiger partial charge in [0.25, 0.3) is 5.91 Å². The summed E-state index contributed by atoms with van der Waals surface area (Å²) in [6, 6.07) is 20.5. The van der Waals surface area contributed by atoms with Crippen LogP contribution in [-0.2, 0) is 19.4 Å². The number of ether oxygens (including phenoxy) is 2. The van der Waals surface area contributed by atoms with Gasteiger partial charge in [-0.05, 0) is 65.4 Å².